The van der Waals surface area contributed by atoms with Crippen molar-refractivity contribution in [3.05, 3.63) is 0 Å². The molecule has 0 aromatic heterocycles. The minimum absolute atomic E-state index is 0.646. The van der Waals surface area contributed by atoms with Crippen LogP contribution < -0.4 is 5.32 Å². The van der Waals surface area contributed by atoms with Gasteiger partial charge in [0.05, 0.1) is 13.2 Å². The molecule has 0 heterocycles. The first-order chi connectivity index (χ1) is 6.43. The molecule has 2 heteroatoms. The third-order valence-electron chi connectivity index (χ3n) is 2.48. The molecule has 13 heavy (non-hydrogen) atoms. The van der Waals surface area contributed by atoms with E-state index in [-0.39, 0.29) is 0 Å². The lowest BCUT2D eigenvalue weighted by Gasteiger charge is -2.09. The lowest BCUT2D eigenvalue weighted by Crippen LogP contribution is -2.21. The minimum Gasteiger partial charge on any atom is -0.380 e. The Hall–Kier alpha value is -0.520. The Morgan fingerprint density at radius 1 is 1.38 bits per heavy atom. The molecule has 1 rings (SSSR count). The lowest BCUT2D eigenvalue weighted by atomic mass is 10.1. The van der Waals surface area contributed by atoms with Crippen LogP contribution in [0.4, 0.5) is 0 Å². The van der Waals surface area contributed by atoms with Gasteiger partial charge in [-0.05, 0) is 18.8 Å². The highest BCUT2D eigenvalue weighted by Crippen LogP contribution is 2.24. The average molecular weight is 181 g/mol. The third kappa shape index (κ3) is 4.92. The quantitative estimate of drug-likeness (QED) is 0.494. The van der Waals surface area contributed by atoms with Gasteiger partial charge in [-0.25, -0.2) is 0 Å². The van der Waals surface area contributed by atoms with Gasteiger partial charge in [0.25, 0.3) is 0 Å². The van der Waals surface area contributed by atoms with Gasteiger partial charge in [-0.2, -0.15) is 0 Å². The molecule has 2 nitrogen and oxygen atoms in total. The summed E-state index contributed by atoms with van der Waals surface area (Å²) in [5, 5.41) is 3.10. The first-order valence-electron chi connectivity index (χ1n) is 5.15. The van der Waals surface area contributed by atoms with Gasteiger partial charge >= 0.3 is 0 Å². The van der Waals surface area contributed by atoms with Crippen molar-refractivity contribution in [2.24, 2.45) is 5.92 Å². The zero-order valence-electron chi connectivity index (χ0n) is 8.22. The van der Waals surface area contributed by atoms with Gasteiger partial charge in [-0.15, -0.1) is 6.42 Å². The van der Waals surface area contributed by atoms with Crippen LogP contribution in [-0.4, -0.2) is 26.3 Å². The standard InChI is InChI=1S/C11H19NO/c1-2-7-12-8-9-13-10-11-5-3-4-6-11/h1,11-12H,3-10H2. The Kier molecular flexibility index (Phi) is 5.64. The molecule has 1 saturated carbocycles. The Morgan fingerprint density at radius 3 is 2.85 bits per heavy atom. The van der Waals surface area contributed by atoms with Crippen LogP contribution >= 0.6 is 0 Å². The van der Waals surface area contributed by atoms with E-state index in [9.17, 15) is 0 Å². The van der Waals surface area contributed by atoms with Crippen molar-refractivity contribution in [3.63, 3.8) is 0 Å². The monoisotopic (exact) mass is 181 g/mol. The van der Waals surface area contributed by atoms with E-state index in [2.05, 4.69) is 11.2 Å². The molecule has 0 atom stereocenters. The van der Waals surface area contributed by atoms with Crippen molar-refractivity contribution in [2.75, 3.05) is 26.3 Å². The smallest absolute Gasteiger partial charge is 0.0591 e. The molecule has 0 spiro atoms. The van der Waals surface area contributed by atoms with E-state index in [1.807, 2.05) is 0 Å². The van der Waals surface area contributed by atoms with E-state index in [1.54, 1.807) is 0 Å². The topological polar surface area (TPSA) is 21.3 Å². The van der Waals surface area contributed by atoms with Crippen molar-refractivity contribution >= 4 is 0 Å². The van der Waals surface area contributed by atoms with Crippen LogP contribution in [0.1, 0.15) is 25.7 Å². The van der Waals surface area contributed by atoms with Gasteiger partial charge < -0.3 is 10.1 Å². The lowest BCUT2D eigenvalue weighted by molar-refractivity contribution is 0.104. The predicted molar refractivity (Wildman–Crippen MR) is 54.5 cm³/mol. The van der Waals surface area contributed by atoms with Crippen molar-refractivity contribution in [1.82, 2.24) is 5.32 Å². The maximum Gasteiger partial charge on any atom is 0.0591 e. The molecular formula is C11H19NO. The molecule has 1 aliphatic rings. The van der Waals surface area contributed by atoms with E-state index in [1.165, 1.54) is 25.7 Å². The number of rotatable bonds is 6. The van der Waals surface area contributed by atoms with E-state index < -0.39 is 0 Å². The van der Waals surface area contributed by atoms with Gasteiger partial charge in [0.1, 0.15) is 0 Å². The van der Waals surface area contributed by atoms with Gasteiger partial charge in [-0.1, -0.05) is 18.8 Å². The largest absolute Gasteiger partial charge is 0.380 e. The SMILES string of the molecule is C#CCNCCOCC1CCCC1. The molecule has 0 aromatic carbocycles. The van der Waals surface area contributed by atoms with E-state index in [4.69, 9.17) is 11.2 Å². The fourth-order valence-corrected chi connectivity index (χ4v) is 1.73. The van der Waals surface area contributed by atoms with Gasteiger partial charge in [-0.3, -0.25) is 0 Å². The summed E-state index contributed by atoms with van der Waals surface area (Å²) in [4.78, 5) is 0. The van der Waals surface area contributed by atoms with Crippen molar-refractivity contribution in [2.45, 2.75) is 25.7 Å². The maximum absolute atomic E-state index is 5.53. The summed E-state index contributed by atoms with van der Waals surface area (Å²) in [6.45, 7) is 3.25. The molecule has 1 fully saturated rings. The molecule has 0 radical (unpaired) electrons. The average Bonchev–Trinajstić information content (AvgIpc) is 2.63. The molecule has 0 saturated heterocycles. The molecule has 0 aliphatic heterocycles. The number of hydrogen-bond donors (Lipinski definition) is 1. The third-order valence-corrected chi connectivity index (χ3v) is 2.48. The Bertz CT molecular complexity index is 156. The maximum atomic E-state index is 5.53. The first kappa shape index (κ1) is 10.6. The highest BCUT2D eigenvalue weighted by molar-refractivity contribution is 4.86. The molecule has 1 N–H and O–H groups in total. The molecule has 0 aromatic rings. The summed E-state index contributed by atoms with van der Waals surface area (Å²) < 4.78 is 5.53. The number of hydrogen-bond acceptors (Lipinski definition) is 2. The summed E-state index contributed by atoms with van der Waals surface area (Å²) in [6, 6.07) is 0. The second kappa shape index (κ2) is 6.94. The van der Waals surface area contributed by atoms with Gasteiger partial charge in [0.15, 0.2) is 0 Å². The van der Waals surface area contributed by atoms with E-state index in [0.717, 1.165) is 25.7 Å². The van der Waals surface area contributed by atoms with Crippen LogP contribution in [0.25, 0.3) is 0 Å². The van der Waals surface area contributed by atoms with E-state index >= 15 is 0 Å². The summed E-state index contributed by atoms with van der Waals surface area (Å²) in [5.41, 5.74) is 0. The van der Waals surface area contributed by atoms with Crippen LogP contribution in [0.2, 0.25) is 0 Å². The van der Waals surface area contributed by atoms with Crippen LogP contribution in [0.3, 0.4) is 0 Å². The van der Waals surface area contributed by atoms with Crippen molar-refractivity contribution in [3.8, 4) is 12.3 Å². The highest BCUT2D eigenvalue weighted by Gasteiger charge is 2.14. The van der Waals surface area contributed by atoms with Gasteiger partial charge in [0.2, 0.25) is 0 Å². The summed E-state index contributed by atoms with van der Waals surface area (Å²) in [7, 11) is 0. The van der Waals surface area contributed by atoms with Crippen molar-refractivity contribution in [1.29, 1.82) is 0 Å². The highest BCUT2D eigenvalue weighted by atomic mass is 16.5. The van der Waals surface area contributed by atoms with Crippen LogP contribution in [-0.2, 0) is 4.74 Å². The number of ether oxygens (including phenoxy) is 1. The second-order valence-electron chi connectivity index (χ2n) is 3.61. The Balaban J connectivity index is 1.81. The Morgan fingerprint density at radius 2 is 2.15 bits per heavy atom. The zero-order chi connectivity index (χ0) is 9.36. The zero-order valence-corrected chi connectivity index (χ0v) is 8.22. The molecule has 0 unspecified atom stereocenters. The van der Waals surface area contributed by atoms with Crippen LogP contribution in [0.5, 0.6) is 0 Å². The number of terminal acetylenes is 1. The van der Waals surface area contributed by atoms with Crippen LogP contribution in [0, 0.1) is 18.3 Å². The fraction of sp³-hybridized carbons (Fsp3) is 0.818. The molecule has 0 bridgehead atoms. The normalized spacial score (nSPS) is 17.5. The summed E-state index contributed by atoms with van der Waals surface area (Å²) in [5.74, 6) is 3.36. The Labute approximate surface area is 81.0 Å². The predicted octanol–water partition coefficient (Wildman–Crippen LogP) is 1.42. The molecule has 1 aliphatic carbocycles. The summed E-state index contributed by atoms with van der Waals surface area (Å²) in [6.07, 6.45) is 10.6. The first-order valence-corrected chi connectivity index (χ1v) is 5.15. The summed E-state index contributed by atoms with van der Waals surface area (Å²) >= 11 is 0. The molecule has 74 valence electrons. The number of nitrogens with one attached hydrogen (secondary N) is 1. The molecular weight excluding hydrogens is 162 g/mol. The van der Waals surface area contributed by atoms with Crippen molar-refractivity contribution < 1.29 is 4.74 Å². The van der Waals surface area contributed by atoms with Crippen LogP contribution in [0.15, 0.2) is 0 Å². The molecule has 0 amide bonds. The van der Waals surface area contributed by atoms with E-state index in [0.29, 0.717) is 6.54 Å². The minimum atomic E-state index is 0.646. The van der Waals surface area contributed by atoms with Gasteiger partial charge in [0, 0.05) is 13.2 Å². The fourth-order valence-electron chi connectivity index (χ4n) is 1.73. The second-order valence-corrected chi connectivity index (χ2v) is 3.61.